The van der Waals surface area contributed by atoms with E-state index in [1.165, 1.54) is 0 Å². The lowest BCUT2D eigenvalue weighted by Crippen LogP contribution is -2.37. The SMILES string of the molecule is COc1ccc(OCC(C)NS(=O)(=O)Cc2cccc(Cl)c2)cc1. The van der Waals surface area contributed by atoms with Gasteiger partial charge in [-0.15, -0.1) is 0 Å². The van der Waals surface area contributed by atoms with E-state index < -0.39 is 10.0 Å². The number of methoxy groups -OCH3 is 1. The third-order valence-corrected chi connectivity index (χ3v) is 4.90. The Hall–Kier alpha value is -1.76. The number of hydrogen-bond acceptors (Lipinski definition) is 4. The number of benzene rings is 2. The van der Waals surface area contributed by atoms with Crippen molar-refractivity contribution in [2.75, 3.05) is 13.7 Å². The Morgan fingerprint density at radius 2 is 1.79 bits per heavy atom. The van der Waals surface area contributed by atoms with Crippen LogP contribution in [0.3, 0.4) is 0 Å². The van der Waals surface area contributed by atoms with Crippen LogP contribution in [-0.2, 0) is 15.8 Å². The van der Waals surface area contributed by atoms with Gasteiger partial charge in [0.05, 0.1) is 18.9 Å². The van der Waals surface area contributed by atoms with Crippen LogP contribution in [0.1, 0.15) is 12.5 Å². The first-order chi connectivity index (χ1) is 11.4. The summed E-state index contributed by atoms with van der Waals surface area (Å²) < 4.78 is 37.6. The Kier molecular flexibility index (Phi) is 6.48. The Labute approximate surface area is 147 Å². The zero-order valence-electron chi connectivity index (χ0n) is 13.5. The van der Waals surface area contributed by atoms with Gasteiger partial charge in [0.2, 0.25) is 10.0 Å². The summed E-state index contributed by atoms with van der Waals surface area (Å²) >= 11 is 5.87. The molecule has 0 aliphatic carbocycles. The van der Waals surface area contributed by atoms with E-state index in [1.54, 1.807) is 62.6 Å². The van der Waals surface area contributed by atoms with E-state index in [-0.39, 0.29) is 18.4 Å². The van der Waals surface area contributed by atoms with Crippen LogP contribution in [0.5, 0.6) is 11.5 Å². The number of hydrogen-bond donors (Lipinski definition) is 1. The van der Waals surface area contributed by atoms with Gasteiger partial charge in [0, 0.05) is 5.02 Å². The van der Waals surface area contributed by atoms with E-state index in [1.807, 2.05) is 0 Å². The second kappa shape index (κ2) is 8.37. The minimum Gasteiger partial charge on any atom is -0.497 e. The van der Waals surface area contributed by atoms with Gasteiger partial charge in [-0.05, 0) is 48.9 Å². The molecule has 5 nitrogen and oxygen atoms in total. The van der Waals surface area contributed by atoms with Crippen molar-refractivity contribution >= 4 is 21.6 Å². The fourth-order valence-electron chi connectivity index (χ4n) is 2.12. The minimum absolute atomic E-state index is 0.125. The summed E-state index contributed by atoms with van der Waals surface area (Å²) in [5.41, 5.74) is 0.637. The predicted molar refractivity (Wildman–Crippen MR) is 95.2 cm³/mol. The Balaban J connectivity index is 1.86. The molecule has 0 fully saturated rings. The van der Waals surface area contributed by atoms with E-state index in [9.17, 15) is 8.42 Å². The van der Waals surface area contributed by atoms with Crippen molar-refractivity contribution in [2.24, 2.45) is 0 Å². The third kappa shape index (κ3) is 6.03. The fraction of sp³-hybridized carbons (Fsp3) is 0.294. The molecule has 0 aliphatic heterocycles. The van der Waals surface area contributed by atoms with Gasteiger partial charge in [0.1, 0.15) is 18.1 Å². The second-order valence-electron chi connectivity index (χ2n) is 5.39. The van der Waals surface area contributed by atoms with Crippen molar-refractivity contribution in [3.8, 4) is 11.5 Å². The van der Waals surface area contributed by atoms with Crippen molar-refractivity contribution in [2.45, 2.75) is 18.7 Å². The van der Waals surface area contributed by atoms with Gasteiger partial charge in [-0.2, -0.15) is 0 Å². The molecule has 2 aromatic rings. The molecule has 2 rings (SSSR count). The van der Waals surface area contributed by atoms with Crippen LogP contribution in [0.15, 0.2) is 48.5 Å². The molecule has 0 saturated heterocycles. The number of sulfonamides is 1. The highest BCUT2D eigenvalue weighted by atomic mass is 35.5. The molecule has 24 heavy (non-hydrogen) atoms. The lowest BCUT2D eigenvalue weighted by Gasteiger charge is -2.15. The van der Waals surface area contributed by atoms with Crippen molar-refractivity contribution in [1.82, 2.24) is 4.72 Å². The van der Waals surface area contributed by atoms with Gasteiger partial charge in [-0.3, -0.25) is 0 Å². The molecule has 1 atom stereocenters. The first-order valence-electron chi connectivity index (χ1n) is 7.39. The summed E-state index contributed by atoms with van der Waals surface area (Å²) in [6, 6.07) is 13.5. The smallest absolute Gasteiger partial charge is 0.216 e. The second-order valence-corrected chi connectivity index (χ2v) is 7.58. The van der Waals surface area contributed by atoms with Crippen molar-refractivity contribution in [1.29, 1.82) is 0 Å². The van der Waals surface area contributed by atoms with Gasteiger partial charge < -0.3 is 9.47 Å². The molecular formula is C17H20ClNO4S. The van der Waals surface area contributed by atoms with Gasteiger partial charge in [-0.25, -0.2) is 13.1 Å². The van der Waals surface area contributed by atoms with Gasteiger partial charge >= 0.3 is 0 Å². The fourth-order valence-corrected chi connectivity index (χ4v) is 3.72. The predicted octanol–water partition coefficient (Wildman–Crippen LogP) is 3.24. The normalized spacial score (nSPS) is 12.6. The maximum Gasteiger partial charge on any atom is 0.216 e. The highest BCUT2D eigenvalue weighted by Gasteiger charge is 2.16. The van der Waals surface area contributed by atoms with Gasteiger partial charge in [0.25, 0.3) is 0 Å². The molecule has 7 heteroatoms. The van der Waals surface area contributed by atoms with E-state index >= 15 is 0 Å². The van der Waals surface area contributed by atoms with Crippen molar-refractivity contribution in [3.05, 3.63) is 59.1 Å². The molecule has 2 aromatic carbocycles. The monoisotopic (exact) mass is 369 g/mol. The van der Waals surface area contributed by atoms with Crippen LogP contribution < -0.4 is 14.2 Å². The van der Waals surface area contributed by atoms with Crippen LogP contribution in [0, 0.1) is 0 Å². The third-order valence-electron chi connectivity index (χ3n) is 3.19. The first-order valence-corrected chi connectivity index (χ1v) is 9.42. The average molecular weight is 370 g/mol. The minimum atomic E-state index is -3.47. The van der Waals surface area contributed by atoms with E-state index in [0.29, 0.717) is 16.3 Å². The first kappa shape index (κ1) is 18.6. The topological polar surface area (TPSA) is 64.6 Å². The zero-order chi connectivity index (χ0) is 17.6. The van der Waals surface area contributed by atoms with Crippen LogP contribution in [0.4, 0.5) is 0 Å². The summed E-state index contributed by atoms with van der Waals surface area (Å²) in [5.74, 6) is 1.26. The molecule has 0 aromatic heterocycles. The van der Waals surface area contributed by atoms with Crippen LogP contribution >= 0.6 is 11.6 Å². The summed E-state index contributed by atoms with van der Waals surface area (Å²) in [4.78, 5) is 0. The maximum atomic E-state index is 12.2. The summed E-state index contributed by atoms with van der Waals surface area (Å²) in [6.07, 6.45) is 0. The van der Waals surface area contributed by atoms with Crippen LogP contribution in [-0.4, -0.2) is 28.2 Å². The largest absolute Gasteiger partial charge is 0.497 e. The molecule has 0 spiro atoms. The number of rotatable bonds is 8. The quantitative estimate of drug-likeness (QED) is 0.775. The Morgan fingerprint density at radius 1 is 1.12 bits per heavy atom. The van der Waals surface area contributed by atoms with E-state index in [0.717, 1.165) is 5.75 Å². The molecular weight excluding hydrogens is 350 g/mol. The molecule has 0 amide bonds. The molecule has 130 valence electrons. The zero-order valence-corrected chi connectivity index (χ0v) is 15.1. The highest BCUT2D eigenvalue weighted by molar-refractivity contribution is 7.88. The van der Waals surface area contributed by atoms with Crippen LogP contribution in [0.25, 0.3) is 0 Å². The summed E-state index contributed by atoms with van der Waals surface area (Å²) in [7, 11) is -1.88. The van der Waals surface area contributed by atoms with Gasteiger partial charge in [0.15, 0.2) is 0 Å². The molecule has 1 unspecified atom stereocenters. The van der Waals surface area contributed by atoms with Crippen molar-refractivity contribution < 1.29 is 17.9 Å². The maximum absolute atomic E-state index is 12.2. The van der Waals surface area contributed by atoms with Gasteiger partial charge in [-0.1, -0.05) is 23.7 Å². The van der Waals surface area contributed by atoms with Crippen LogP contribution in [0.2, 0.25) is 5.02 Å². The highest BCUT2D eigenvalue weighted by Crippen LogP contribution is 2.17. The summed E-state index contributed by atoms with van der Waals surface area (Å²) in [6.45, 7) is 1.97. The lowest BCUT2D eigenvalue weighted by atomic mass is 10.2. The van der Waals surface area contributed by atoms with E-state index in [2.05, 4.69) is 4.72 Å². The lowest BCUT2D eigenvalue weighted by molar-refractivity contribution is 0.287. The molecule has 0 heterocycles. The molecule has 0 aliphatic rings. The summed E-state index contributed by atoms with van der Waals surface area (Å²) in [5, 5.41) is 0.513. The number of nitrogens with one attached hydrogen (secondary N) is 1. The standard InChI is InChI=1S/C17H20ClNO4S/c1-13(11-23-17-8-6-16(22-2)7-9-17)19-24(20,21)12-14-4-3-5-15(18)10-14/h3-10,13,19H,11-12H2,1-2H3. The van der Waals surface area contributed by atoms with Crippen molar-refractivity contribution in [3.63, 3.8) is 0 Å². The average Bonchev–Trinajstić information content (AvgIpc) is 2.52. The molecule has 1 N–H and O–H groups in total. The number of halogens is 1. The van der Waals surface area contributed by atoms with E-state index in [4.69, 9.17) is 21.1 Å². The molecule has 0 radical (unpaired) electrons. The molecule has 0 saturated carbocycles. The number of ether oxygens (including phenoxy) is 2. The molecule has 0 bridgehead atoms. The Morgan fingerprint density at radius 3 is 2.42 bits per heavy atom. The Bertz CT molecular complexity index is 762.